The average molecular weight is 390 g/mol. The molecule has 0 aromatic heterocycles. The molecule has 1 aliphatic rings. The Morgan fingerprint density at radius 1 is 1.08 bits per heavy atom. The highest BCUT2D eigenvalue weighted by Gasteiger charge is 2.16. The van der Waals surface area contributed by atoms with E-state index < -0.39 is 11.9 Å². The van der Waals surface area contributed by atoms with Crippen molar-refractivity contribution in [2.75, 3.05) is 6.79 Å². The van der Waals surface area contributed by atoms with Crippen LogP contribution in [0.2, 0.25) is 0 Å². The molecule has 7 heteroatoms. The van der Waals surface area contributed by atoms with Crippen LogP contribution < -0.4 is 14.8 Å². The zero-order chi connectivity index (χ0) is 17.1. The fourth-order valence-corrected chi connectivity index (χ4v) is 2.38. The smallest absolute Gasteiger partial charge is 0.352 e. The Hall–Kier alpha value is -2.80. The fraction of sp³-hybridized carbons (Fsp3) is 0.0588. The monoisotopic (exact) mass is 389 g/mol. The van der Waals surface area contributed by atoms with Gasteiger partial charge in [-0.3, -0.25) is 4.79 Å². The van der Waals surface area contributed by atoms with Crippen molar-refractivity contribution in [3.63, 3.8) is 0 Å². The quantitative estimate of drug-likeness (QED) is 0.785. The van der Waals surface area contributed by atoms with Crippen LogP contribution in [0.5, 0.6) is 11.5 Å². The summed E-state index contributed by atoms with van der Waals surface area (Å²) in [5, 5.41) is 11.7. The summed E-state index contributed by atoms with van der Waals surface area (Å²) in [4.78, 5) is 23.6. The van der Waals surface area contributed by atoms with Crippen molar-refractivity contribution in [2.24, 2.45) is 0 Å². The van der Waals surface area contributed by atoms with Gasteiger partial charge in [0.1, 0.15) is 5.70 Å². The van der Waals surface area contributed by atoms with E-state index in [-0.39, 0.29) is 12.5 Å². The molecule has 2 aromatic rings. The Bertz CT molecular complexity index is 829. The first-order chi connectivity index (χ1) is 11.5. The van der Waals surface area contributed by atoms with Gasteiger partial charge >= 0.3 is 5.97 Å². The van der Waals surface area contributed by atoms with Crippen LogP contribution in [0, 0.1) is 0 Å². The largest absolute Gasteiger partial charge is 0.477 e. The number of nitrogens with one attached hydrogen (secondary N) is 1. The van der Waals surface area contributed by atoms with E-state index in [1.807, 2.05) is 0 Å². The maximum atomic E-state index is 12.2. The van der Waals surface area contributed by atoms with E-state index in [1.165, 1.54) is 6.08 Å². The molecule has 1 amide bonds. The van der Waals surface area contributed by atoms with Crippen LogP contribution >= 0.6 is 15.9 Å². The SMILES string of the molecule is O=C(O)/C(=C\c1ccc2c(c1)OCO2)NC(=O)c1ccc(Br)cc1. The van der Waals surface area contributed by atoms with Crippen molar-refractivity contribution >= 4 is 33.9 Å². The van der Waals surface area contributed by atoms with Crippen molar-refractivity contribution in [1.82, 2.24) is 5.32 Å². The number of rotatable bonds is 4. The number of carbonyl (C=O) groups excluding carboxylic acids is 1. The van der Waals surface area contributed by atoms with Gasteiger partial charge in [0.15, 0.2) is 11.5 Å². The highest BCUT2D eigenvalue weighted by molar-refractivity contribution is 9.10. The molecule has 0 bridgehead atoms. The van der Waals surface area contributed by atoms with E-state index >= 15 is 0 Å². The molecule has 0 atom stereocenters. The number of fused-ring (bicyclic) bond motifs is 1. The van der Waals surface area contributed by atoms with Crippen LogP contribution in [-0.4, -0.2) is 23.8 Å². The molecule has 0 aliphatic carbocycles. The molecule has 0 radical (unpaired) electrons. The minimum atomic E-state index is -1.24. The molecule has 24 heavy (non-hydrogen) atoms. The molecule has 1 heterocycles. The molecule has 0 unspecified atom stereocenters. The third kappa shape index (κ3) is 3.57. The molecule has 3 rings (SSSR count). The molecular weight excluding hydrogens is 378 g/mol. The average Bonchev–Trinajstić information content (AvgIpc) is 3.02. The summed E-state index contributed by atoms with van der Waals surface area (Å²) < 4.78 is 11.3. The zero-order valence-electron chi connectivity index (χ0n) is 12.3. The van der Waals surface area contributed by atoms with Crippen molar-refractivity contribution in [3.8, 4) is 11.5 Å². The Morgan fingerprint density at radius 3 is 2.50 bits per heavy atom. The molecule has 0 spiro atoms. The van der Waals surface area contributed by atoms with Crippen LogP contribution in [0.4, 0.5) is 0 Å². The Morgan fingerprint density at radius 2 is 1.79 bits per heavy atom. The summed E-state index contributed by atoms with van der Waals surface area (Å²) in [5.74, 6) is -0.606. The number of carboxylic acid groups (broad SMARTS) is 1. The maximum absolute atomic E-state index is 12.2. The van der Waals surface area contributed by atoms with Gasteiger partial charge in [-0.2, -0.15) is 0 Å². The summed E-state index contributed by atoms with van der Waals surface area (Å²) in [6, 6.07) is 11.6. The molecular formula is C17H12BrNO5. The van der Waals surface area contributed by atoms with E-state index in [2.05, 4.69) is 21.2 Å². The highest BCUT2D eigenvalue weighted by atomic mass is 79.9. The molecule has 2 aromatic carbocycles. The van der Waals surface area contributed by atoms with E-state index in [0.29, 0.717) is 22.6 Å². The maximum Gasteiger partial charge on any atom is 0.352 e. The van der Waals surface area contributed by atoms with Crippen LogP contribution in [0.3, 0.4) is 0 Å². The topological polar surface area (TPSA) is 84.9 Å². The molecule has 0 fully saturated rings. The highest BCUT2D eigenvalue weighted by Crippen LogP contribution is 2.33. The standard InChI is InChI=1S/C17H12BrNO5/c18-12-4-2-11(3-5-12)16(20)19-13(17(21)22)7-10-1-6-14-15(8-10)24-9-23-14/h1-8H,9H2,(H,19,20)(H,21,22)/b13-7+. The predicted octanol–water partition coefficient (Wildman–Crippen LogP) is 3.03. The number of hydrogen-bond donors (Lipinski definition) is 2. The second kappa shape index (κ2) is 6.76. The van der Waals surface area contributed by atoms with E-state index in [4.69, 9.17) is 9.47 Å². The van der Waals surface area contributed by atoms with Gasteiger partial charge in [0.25, 0.3) is 5.91 Å². The molecule has 1 aliphatic heterocycles. The summed E-state index contributed by atoms with van der Waals surface area (Å²) in [6.07, 6.45) is 1.36. The lowest BCUT2D eigenvalue weighted by Crippen LogP contribution is -2.27. The summed E-state index contributed by atoms with van der Waals surface area (Å²) in [7, 11) is 0. The first-order valence-electron chi connectivity index (χ1n) is 6.94. The number of carbonyl (C=O) groups is 2. The third-order valence-electron chi connectivity index (χ3n) is 3.29. The van der Waals surface area contributed by atoms with Crippen molar-refractivity contribution < 1.29 is 24.2 Å². The zero-order valence-corrected chi connectivity index (χ0v) is 13.9. The predicted molar refractivity (Wildman–Crippen MR) is 89.8 cm³/mol. The number of amides is 1. The third-order valence-corrected chi connectivity index (χ3v) is 3.82. The number of halogens is 1. The molecule has 0 saturated carbocycles. The minimum Gasteiger partial charge on any atom is -0.477 e. The second-order valence-corrected chi connectivity index (χ2v) is 5.85. The van der Waals surface area contributed by atoms with Crippen molar-refractivity contribution in [1.29, 1.82) is 0 Å². The lowest BCUT2D eigenvalue weighted by molar-refractivity contribution is -0.132. The van der Waals surface area contributed by atoms with Gasteiger partial charge in [0, 0.05) is 10.0 Å². The fourth-order valence-electron chi connectivity index (χ4n) is 2.12. The Labute approximate surface area is 145 Å². The second-order valence-electron chi connectivity index (χ2n) is 4.94. The lowest BCUT2D eigenvalue weighted by Gasteiger charge is -2.07. The van der Waals surface area contributed by atoms with Crippen molar-refractivity contribution in [3.05, 3.63) is 63.8 Å². The lowest BCUT2D eigenvalue weighted by atomic mass is 10.1. The van der Waals surface area contributed by atoms with Gasteiger partial charge in [-0.25, -0.2) is 4.79 Å². The van der Waals surface area contributed by atoms with Crippen molar-refractivity contribution in [2.45, 2.75) is 0 Å². The molecule has 2 N–H and O–H groups in total. The van der Waals surface area contributed by atoms with Crippen LogP contribution in [0.1, 0.15) is 15.9 Å². The van der Waals surface area contributed by atoms with E-state index in [1.54, 1.807) is 42.5 Å². The summed E-state index contributed by atoms with van der Waals surface area (Å²) in [6.45, 7) is 0.134. The Kier molecular flexibility index (Phi) is 4.52. The normalized spacial score (nSPS) is 12.8. The van der Waals surface area contributed by atoms with Gasteiger partial charge in [0.05, 0.1) is 0 Å². The first kappa shape index (κ1) is 16.1. The van der Waals surface area contributed by atoms with Gasteiger partial charge in [-0.05, 0) is 48.0 Å². The van der Waals surface area contributed by atoms with Crippen LogP contribution in [0.15, 0.2) is 52.6 Å². The molecule has 0 saturated heterocycles. The minimum absolute atomic E-state index is 0.134. The summed E-state index contributed by atoms with van der Waals surface area (Å²) in [5.41, 5.74) is 0.700. The van der Waals surface area contributed by atoms with Gasteiger partial charge in [-0.1, -0.05) is 22.0 Å². The Balaban J connectivity index is 1.83. The number of carboxylic acids is 1. The van der Waals surface area contributed by atoms with E-state index in [9.17, 15) is 14.7 Å². The number of ether oxygens (including phenoxy) is 2. The number of benzene rings is 2. The molecule has 122 valence electrons. The molecule has 6 nitrogen and oxygen atoms in total. The van der Waals surface area contributed by atoms with Gasteiger partial charge in [0.2, 0.25) is 6.79 Å². The number of aliphatic carboxylic acids is 1. The van der Waals surface area contributed by atoms with Gasteiger partial charge < -0.3 is 19.9 Å². The van der Waals surface area contributed by atoms with Crippen LogP contribution in [-0.2, 0) is 4.79 Å². The summed E-state index contributed by atoms with van der Waals surface area (Å²) >= 11 is 3.28. The van der Waals surface area contributed by atoms with E-state index in [0.717, 1.165) is 4.47 Å². The first-order valence-corrected chi connectivity index (χ1v) is 7.74. The van der Waals surface area contributed by atoms with Crippen LogP contribution in [0.25, 0.3) is 6.08 Å². The van der Waals surface area contributed by atoms with Gasteiger partial charge in [-0.15, -0.1) is 0 Å². The number of hydrogen-bond acceptors (Lipinski definition) is 4.